The van der Waals surface area contributed by atoms with E-state index < -0.39 is 0 Å². The van der Waals surface area contributed by atoms with Gasteiger partial charge in [-0.1, -0.05) is 42.0 Å². The maximum absolute atomic E-state index is 13.2. The van der Waals surface area contributed by atoms with E-state index in [1.54, 1.807) is 17.3 Å². The largest absolute Gasteiger partial charge is 0.467 e. The second-order valence-electron chi connectivity index (χ2n) is 6.17. The van der Waals surface area contributed by atoms with Crippen molar-refractivity contribution in [2.45, 2.75) is 13.0 Å². The first-order valence-electron chi connectivity index (χ1n) is 8.30. The van der Waals surface area contributed by atoms with Gasteiger partial charge in [-0.15, -0.1) is 0 Å². The van der Waals surface area contributed by atoms with E-state index in [0.29, 0.717) is 11.3 Å². The van der Waals surface area contributed by atoms with Gasteiger partial charge in [0.1, 0.15) is 11.8 Å². The zero-order valence-electron chi connectivity index (χ0n) is 14.1. The number of aryl methyl sites for hydroxylation is 1. The average Bonchev–Trinajstić information content (AvgIpc) is 3.32. The summed E-state index contributed by atoms with van der Waals surface area (Å²) >= 11 is 3.46. The Kier molecular flexibility index (Phi) is 4.39. The van der Waals surface area contributed by atoms with Crippen LogP contribution in [0.15, 0.2) is 81.9 Å². The summed E-state index contributed by atoms with van der Waals surface area (Å²) in [5.74, 6) is 0.581. The smallest absolute Gasteiger partial charge is 0.274 e. The van der Waals surface area contributed by atoms with Gasteiger partial charge in [-0.3, -0.25) is 10.2 Å². The number of carbonyl (C=O) groups is 1. The number of nitrogens with one attached hydrogen (secondary N) is 1. The molecule has 26 heavy (non-hydrogen) atoms. The van der Waals surface area contributed by atoms with Crippen molar-refractivity contribution in [1.82, 2.24) is 10.4 Å². The first-order valence-corrected chi connectivity index (χ1v) is 9.10. The number of furan rings is 1. The third kappa shape index (κ3) is 3.06. The summed E-state index contributed by atoms with van der Waals surface area (Å²) in [6.45, 7) is 2.05. The van der Waals surface area contributed by atoms with Gasteiger partial charge < -0.3 is 4.42 Å². The molecule has 0 spiro atoms. The van der Waals surface area contributed by atoms with Gasteiger partial charge in [-0.25, -0.2) is 5.01 Å². The van der Waals surface area contributed by atoms with Crippen molar-refractivity contribution in [3.05, 3.63) is 99.9 Å². The van der Waals surface area contributed by atoms with Crippen LogP contribution in [0.1, 0.15) is 33.3 Å². The van der Waals surface area contributed by atoms with E-state index in [9.17, 15) is 4.79 Å². The van der Waals surface area contributed by atoms with Crippen LogP contribution in [-0.2, 0) is 0 Å². The van der Waals surface area contributed by atoms with Crippen LogP contribution in [0, 0.1) is 6.92 Å². The Hall–Kier alpha value is -2.79. The van der Waals surface area contributed by atoms with Crippen LogP contribution in [0.5, 0.6) is 0 Å². The molecule has 4 nitrogen and oxygen atoms in total. The van der Waals surface area contributed by atoms with Crippen molar-refractivity contribution >= 4 is 27.5 Å². The monoisotopic (exact) mass is 408 g/mol. The molecule has 1 aromatic heterocycles. The van der Waals surface area contributed by atoms with Crippen LogP contribution in [0.25, 0.3) is 5.70 Å². The third-order valence-corrected chi connectivity index (χ3v) is 5.06. The number of carbonyl (C=O) groups excluding carboxylic acids is 1. The maximum atomic E-state index is 13.2. The van der Waals surface area contributed by atoms with Crippen LogP contribution in [0.4, 0.5) is 0 Å². The molecule has 2 heterocycles. The lowest BCUT2D eigenvalue weighted by Gasteiger charge is -2.24. The quantitative estimate of drug-likeness (QED) is 0.655. The number of hydrazine groups is 1. The molecule has 1 atom stereocenters. The van der Waals surface area contributed by atoms with Crippen LogP contribution in [0.3, 0.4) is 0 Å². The molecule has 1 amide bonds. The second-order valence-corrected chi connectivity index (χ2v) is 7.03. The molecule has 2 aromatic carbocycles. The first kappa shape index (κ1) is 16.7. The highest BCUT2D eigenvalue weighted by atomic mass is 79.9. The second kappa shape index (κ2) is 6.84. The molecule has 4 rings (SSSR count). The molecule has 1 aliphatic rings. The molecule has 0 fully saturated rings. The number of halogens is 1. The summed E-state index contributed by atoms with van der Waals surface area (Å²) in [6.07, 6.45) is 3.63. The van der Waals surface area contributed by atoms with E-state index >= 15 is 0 Å². The number of nitrogens with zero attached hydrogens (tertiary/aromatic N) is 1. The zero-order valence-corrected chi connectivity index (χ0v) is 15.7. The lowest BCUT2D eigenvalue weighted by atomic mass is 10.1. The topological polar surface area (TPSA) is 45.5 Å². The third-order valence-electron chi connectivity index (χ3n) is 4.36. The molecule has 3 aromatic rings. The lowest BCUT2D eigenvalue weighted by molar-refractivity contribution is 0.0654. The minimum atomic E-state index is -0.319. The number of amides is 1. The Labute approximate surface area is 160 Å². The highest BCUT2D eigenvalue weighted by molar-refractivity contribution is 9.10. The van der Waals surface area contributed by atoms with Gasteiger partial charge in [-0.2, -0.15) is 0 Å². The van der Waals surface area contributed by atoms with Crippen LogP contribution in [-0.4, -0.2) is 10.9 Å². The van der Waals surface area contributed by atoms with E-state index in [1.807, 2.05) is 48.5 Å². The number of hydrogen-bond donors (Lipinski definition) is 1. The van der Waals surface area contributed by atoms with E-state index in [2.05, 4.69) is 40.4 Å². The Morgan fingerprint density at radius 2 is 1.85 bits per heavy atom. The summed E-state index contributed by atoms with van der Waals surface area (Å²) in [6, 6.07) is 19.0. The molecular formula is C21H17BrN2O2. The molecule has 0 saturated heterocycles. The zero-order chi connectivity index (χ0) is 18.1. The first-order chi connectivity index (χ1) is 12.6. The number of rotatable bonds is 3. The molecular weight excluding hydrogens is 392 g/mol. The summed E-state index contributed by atoms with van der Waals surface area (Å²) in [4.78, 5) is 13.2. The molecule has 0 unspecified atom stereocenters. The van der Waals surface area contributed by atoms with Gasteiger partial charge in [0.15, 0.2) is 0 Å². The Morgan fingerprint density at radius 3 is 2.54 bits per heavy atom. The lowest BCUT2D eigenvalue weighted by Crippen LogP contribution is -2.39. The summed E-state index contributed by atoms with van der Waals surface area (Å²) in [5, 5.41) is 1.61. The molecule has 5 heteroatoms. The van der Waals surface area contributed by atoms with Crippen molar-refractivity contribution < 1.29 is 9.21 Å². The normalized spacial score (nSPS) is 16.3. The molecule has 1 aliphatic heterocycles. The fourth-order valence-corrected chi connectivity index (χ4v) is 3.43. The molecule has 0 aliphatic carbocycles. The van der Waals surface area contributed by atoms with Gasteiger partial charge in [0.05, 0.1) is 17.5 Å². The Morgan fingerprint density at radius 1 is 1.08 bits per heavy atom. The van der Waals surface area contributed by atoms with Crippen molar-refractivity contribution in [3.63, 3.8) is 0 Å². The van der Waals surface area contributed by atoms with Crippen LogP contribution in [0.2, 0.25) is 0 Å². The predicted octanol–water partition coefficient (Wildman–Crippen LogP) is 5.09. The van der Waals surface area contributed by atoms with Gasteiger partial charge in [0.2, 0.25) is 0 Å². The van der Waals surface area contributed by atoms with Crippen LogP contribution < -0.4 is 5.43 Å². The highest BCUT2D eigenvalue weighted by Crippen LogP contribution is 2.33. The van der Waals surface area contributed by atoms with E-state index in [1.165, 1.54) is 5.56 Å². The van der Waals surface area contributed by atoms with Gasteiger partial charge in [-0.05, 0) is 58.8 Å². The summed E-state index contributed by atoms with van der Waals surface area (Å²) in [7, 11) is 0. The number of benzene rings is 2. The maximum Gasteiger partial charge on any atom is 0.274 e. The fourth-order valence-electron chi connectivity index (χ4n) is 2.97. The fraction of sp³-hybridized carbons (Fsp3) is 0.0952. The van der Waals surface area contributed by atoms with Gasteiger partial charge in [0.25, 0.3) is 5.91 Å². The van der Waals surface area contributed by atoms with Crippen LogP contribution >= 0.6 is 15.9 Å². The SMILES string of the molecule is Cc1ccc(C2=C[C@@H](c3ccco3)N(C(=O)c3ccccc3Br)N2)cc1. The van der Waals surface area contributed by atoms with Gasteiger partial charge in [0, 0.05) is 4.47 Å². The highest BCUT2D eigenvalue weighted by Gasteiger charge is 2.33. The van der Waals surface area contributed by atoms with E-state index in [-0.39, 0.29) is 11.9 Å². The van der Waals surface area contributed by atoms with Crippen molar-refractivity contribution in [3.8, 4) is 0 Å². The van der Waals surface area contributed by atoms with Crippen molar-refractivity contribution in [1.29, 1.82) is 0 Å². The standard InChI is InChI=1S/C21H17BrN2O2/c1-14-8-10-15(11-9-14)18-13-19(20-7-4-12-26-20)24(23-18)21(25)16-5-2-3-6-17(16)22/h2-13,19,23H,1H3/t19-/m0/s1. The molecule has 0 saturated carbocycles. The molecule has 1 N–H and O–H groups in total. The van der Waals surface area contributed by atoms with E-state index in [0.717, 1.165) is 15.7 Å². The van der Waals surface area contributed by atoms with Gasteiger partial charge >= 0.3 is 0 Å². The molecule has 0 bridgehead atoms. The molecule has 0 radical (unpaired) electrons. The predicted molar refractivity (Wildman–Crippen MR) is 104 cm³/mol. The molecule has 130 valence electrons. The van der Waals surface area contributed by atoms with Crippen molar-refractivity contribution in [2.75, 3.05) is 0 Å². The average molecular weight is 409 g/mol. The summed E-state index contributed by atoms with van der Waals surface area (Å²) < 4.78 is 6.34. The Balaban J connectivity index is 1.71. The van der Waals surface area contributed by atoms with Crippen molar-refractivity contribution in [2.24, 2.45) is 0 Å². The minimum absolute atomic E-state index is 0.128. The summed E-state index contributed by atoms with van der Waals surface area (Å²) in [5.41, 5.74) is 6.94. The van der Waals surface area contributed by atoms with E-state index in [4.69, 9.17) is 4.42 Å². The Bertz CT molecular complexity index is 962. The number of hydrogen-bond acceptors (Lipinski definition) is 3. The minimum Gasteiger partial charge on any atom is -0.467 e.